The van der Waals surface area contributed by atoms with Crippen LogP contribution in [0.25, 0.3) is 11.0 Å². The van der Waals surface area contributed by atoms with E-state index in [1.54, 1.807) is 0 Å². The number of carbonyl (C=O) groups is 1. The quantitative estimate of drug-likeness (QED) is 0.499. The lowest BCUT2D eigenvalue weighted by molar-refractivity contribution is -0.126. The number of hydrogen-bond acceptors (Lipinski definition) is 5. The number of imidazole rings is 1. The zero-order valence-corrected chi connectivity index (χ0v) is 21.1. The first kappa shape index (κ1) is 23.1. The molecule has 0 unspecified atom stereocenters. The Labute approximate surface area is 211 Å². The summed E-state index contributed by atoms with van der Waals surface area (Å²) in [4.78, 5) is 26.6. The van der Waals surface area contributed by atoms with Crippen molar-refractivity contribution in [3.8, 4) is 0 Å². The van der Waals surface area contributed by atoms with Gasteiger partial charge in [0.1, 0.15) is 0 Å². The fraction of sp³-hybridized carbons (Fsp3) is 0.500. The largest absolute Gasteiger partial charge is 0.352 e. The third-order valence-electron chi connectivity index (χ3n) is 7.76. The molecular weight excluding hydrogens is 454 g/mol. The van der Waals surface area contributed by atoms with E-state index < -0.39 is 0 Å². The van der Waals surface area contributed by atoms with Crippen molar-refractivity contribution in [3.63, 3.8) is 0 Å². The van der Waals surface area contributed by atoms with Crippen LogP contribution in [0.15, 0.2) is 59.8 Å². The van der Waals surface area contributed by atoms with Crippen molar-refractivity contribution in [1.29, 1.82) is 0 Å². The van der Waals surface area contributed by atoms with Crippen LogP contribution in [0.4, 0.5) is 0 Å². The molecule has 2 N–H and O–H groups in total. The van der Waals surface area contributed by atoms with E-state index in [2.05, 4.69) is 56.5 Å². The van der Waals surface area contributed by atoms with Gasteiger partial charge in [0.2, 0.25) is 5.91 Å². The first-order chi connectivity index (χ1) is 17.2. The highest BCUT2D eigenvalue weighted by Gasteiger charge is 2.42. The number of hydrogen-bond donors (Lipinski definition) is 2. The molecule has 1 aromatic heterocycles. The minimum atomic E-state index is -0.0154. The van der Waals surface area contributed by atoms with E-state index in [4.69, 9.17) is 4.98 Å². The monoisotopic (exact) mass is 489 g/mol. The van der Waals surface area contributed by atoms with Gasteiger partial charge in [0.25, 0.3) is 0 Å². The van der Waals surface area contributed by atoms with Crippen molar-refractivity contribution >= 4 is 28.7 Å². The molecule has 3 aromatic rings. The Bertz CT molecular complexity index is 1110. The van der Waals surface area contributed by atoms with Gasteiger partial charge in [-0.05, 0) is 69.3 Å². The van der Waals surface area contributed by atoms with Crippen LogP contribution in [0.5, 0.6) is 0 Å². The van der Waals surface area contributed by atoms with Crippen molar-refractivity contribution in [2.45, 2.75) is 67.1 Å². The lowest BCUT2D eigenvalue weighted by Crippen LogP contribution is -2.51. The van der Waals surface area contributed by atoms with Crippen LogP contribution in [0.1, 0.15) is 37.7 Å². The predicted molar refractivity (Wildman–Crippen MR) is 142 cm³/mol. The zero-order chi connectivity index (χ0) is 23.6. The number of carbonyl (C=O) groups excluding carboxylic acids is 1. The lowest BCUT2D eigenvalue weighted by atomic mass is 10.0. The van der Waals surface area contributed by atoms with Crippen molar-refractivity contribution in [2.24, 2.45) is 0 Å². The van der Waals surface area contributed by atoms with Gasteiger partial charge < -0.3 is 15.2 Å². The average Bonchev–Trinajstić information content (AvgIpc) is 3.45. The number of fused-ring (bicyclic) bond motifs is 1. The van der Waals surface area contributed by atoms with Crippen LogP contribution in [0.3, 0.4) is 0 Å². The van der Waals surface area contributed by atoms with Gasteiger partial charge in [-0.1, -0.05) is 54.2 Å². The highest BCUT2D eigenvalue weighted by atomic mass is 32.2. The van der Waals surface area contributed by atoms with Crippen LogP contribution >= 0.6 is 11.8 Å². The summed E-state index contributed by atoms with van der Waals surface area (Å²) in [6.45, 7) is 4.31. The van der Waals surface area contributed by atoms with E-state index in [1.165, 1.54) is 5.56 Å². The Morgan fingerprint density at radius 3 is 2.57 bits per heavy atom. The number of benzene rings is 2. The van der Waals surface area contributed by atoms with Gasteiger partial charge in [-0.25, -0.2) is 4.98 Å². The molecule has 2 saturated heterocycles. The molecule has 2 aliphatic heterocycles. The van der Waals surface area contributed by atoms with Gasteiger partial charge in [0.05, 0.1) is 17.1 Å². The van der Waals surface area contributed by atoms with Crippen LogP contribution in [0.2, 0.25) is 0 Å². The summed E-state index contributed by atoms with van der Waals surface area (Å²) in [6, 6.07) is 19.8. The molecule has 6 rings (SSSR count). The molecule has 3 aliphatic rings. The fourth-order valence-electron chi connectivity index (χ4n) is 5.64. The molecule has 3 fully saturated rings. The van der Waals surface area contributed by atoms with Crippen molar-refractivity contribution < 1.29 is 4.79 Å². The summed E-state index contributed by atoms with van der Waals surface area (Å²) in [6.07, 6.45) is 6.56. The van der Waals surface area contributed by atoms with Crippen LogP contribution in [-0.4, -0.2) is 75.2 Å². The smallest absolute Gasteiger partial charge is 0.237 e. The molecule has 35 heavy (non-hydrogen) atoms. The third kappa shape index (κ3) is 5.57. The molecule has 2 atom stereocenters. The fourth-order valence-corrected chi connectivity index (χ4v) is 6.80. The molecule has 0 bridgehead atoms. The standard InChI is InChI=1S/C28H35N5OS/c34-27(29-21-10-11-21)26-18-23(35-28-30-24-8-4-5-9-25(24)31-28)19-33(26)22-13-16-32(17-14-22)15-12-20-6-2-1-3-7-20/h1-9,21-23,26H,10-19H2,(H,29,34)(H,30,31)/t23-,26+/m1/s1. The number of amides is 1. The molecule has 1 aliphatic carbocycles. The van der Waals surface area contributed by atoms with Crippen molar-refractivity contribution in [3.05, 3.63) is 60.2 Å². The normalized spacial score (nSPS) is 24.2. The number of likely N-dealkylation sites (tertiary alicyclic amines) is 2. The second-order valence-electron chi connectivity index (χ2n) is 10.3. The molecule has 1 saturated carbocycles. The van der Waals surface area contributed by atoms with Crippen LogP contribution in [-0.2, 0) is 11.2 Å². The second kappa shape index (κ2) is 10.3. The summed E-state index contributed by atoms with van der Waals surface area (Å²) in [5, 5.41) is 4.64. The first-order valence-corrected chi connectivity index (χ1v) is 14.0. The summed E-state index contributed by atoms with van der Waals surface area (Å²) < 4.78 is 0. The van der Waals surface area contributed by atoms with E-state index in [9.17, 15) is 4.79 Å². The number of aromatic amines is 1. The van der Waals surface area contributed by atoms with Gasteiger partial charge in [-0.2, -0.15) is 0 Å². The summed E-state index contributed by atoms with van der Waals surface area (Å²) in [5.41, 5.74) is 3.50. The molecule has 1 amide bonds. The van der Waals surface area contributed by atoms with Crippen molar-refractivity contribution in [1.82, 2.24) is 25.1 Å². The number of thioether (sulfide) groups is 1. The molecule has 184 valence electrons. The maximum Gasteiger partial charge on any atom is 0.237 e. The predicted octanol–water partition coefficient (Wildman–Crippen LogP) is 4.08. The first-order valence-electron chi connectivity index (χ1n) is 13.1. The minimum absolute atomic E-state index is 0.0154. The second-order valence-corrected chi connectivity index (χ2v) is 11.6. The zero-order valence-electron chi connectivity index (χ0n) is 20.2. The topological polar surface area (TPSA) is 64.3 Å². The molecule has 6 nitrogen and oxygen atoms in total. The van der Waals surface area contributed by atoms with Crippen LogP contribution in [0, 0.1) is 0 Å². The Kier molecular flexibility index (Phi) is 6.81. The molecule has 3 heterocycles. The number of nitrogens with zero attached hydrogens (tertiary/aromatic N) is 3. The highest BCUT2D eigenvalue weighted by Crippen LogP contribution is 2.36. The average molecular weight is 490 g/mol. The van der Waals surface area contributed by atoms with E-state index >= 15 is 0 Å². The highest BCUT2D eigenvalue weighted by molar-refractivity contribution is 7.99. The minimum Gasteiger partial charge on any atom is -0.352 e. The van der Waals surface area contributed by atoms with E-state index in [1.807, 2.05) is 30.0 Å². The van der Waals surface area contributed by atoms with E-state index in [0.717, 1.165) is 80.9 Å². The molecule has 0 spiro atoms. The summed E-state index contributed by atoms with van der Waals surface area (Å²) in [5.74, 6) is 0.242. The number of H-pyrrole nitrogens is 1. The molecule has 7 heteroatoms. The Morgan fingerprint density at radius 1 is 1.03 bits per heavy atom. The molecule has 2 aromatic carbocycles. The maximum absolute atomic E-state index is 13.2. The van der Waals surface area contributed by atoms with Gasteiger partial charge in [-0.3, -0.25) is 9.69 Å². The van der Waals surface area contributed by atoms with Crippen LogP contribution < -0.4 is 5.32 Å². The van der Waals surface area contributed by atoms with E-state index in [0.29, 0.717) is 17.3 Å². The maximum atomic E-state index is 13.2. The van der Waals surface area contributed by atoms with Gasteiger partial charge in [0.15, 0.2) is 5.16 Å². The van der Waals surface area contributed by atoms with Gasteiger partial charge >= 0.3 is 0 Å². The number of rotatable bonds is 8. The third-order valence-corrected chi connectivity index (χ3v) is 8.85. The summed E-state index contributed by atoms with van der Waals surface area (Å²) >= 11 is 1.81. The van der Waals surface area contributed by atoms with E-state index in [-0.39, 0.29) is 11.9 Å². The Morgan fingerprint density at radius 2 is 1.80 bits per heavy atom. The van der Waals surface area contributed by atoms with Gasteiger partial charge in [-0.15, -0.1) is 0 Å². The SMILES string of the molecule is O=C(NC1CC1)[C@@H]1C[C@@H](Sc2nc3ccccc3[nH]2)CN1C1CCN(CCc2ccccc2)CC1. The number of nitrogens with one attached hydrogen (secondary N) is 2. The molecular formula is C28H35N5OS. The van der Waals surface area contributed by atoms with Crippen molar-refractivity contribution in [2.75, 3.05) is 26.2 Å². The number of para-hydroxylation sites is 2. The lowest BCUT2D eigenvalue weighted by Gasteiger charge is -2.39. The Balaban J connectivity index is 1.08. The number of aromatic nitrogens is 2. The van der Waals surface area contributed by atoms with Gasteiger partial charge in [0, 0.05) is 30.4 Å². The molecule has 0 radical (unpaired) electrons. The Hall–Kier alpha value is -2.35. The summed E-state index contributed by atoms with van der Waals surface area (Å²) in [7, 11) is 0. The number of piperidine rings is 1.